The molecule has 0 aliphatic rings. The number of pyridine rings is 1. The molecule has 2 aromatic carbocycles. The summed E-state index contributed by atoms with van der Waals surface area (Å²) in [4.78, 5) is 44.3. The van der Waals surface area contributed by atoms with E-state index in [-0.39, 0.29) is 31.3 Å². The van der Waals surface area contributed by atoms with Crippen molar-refractivity contribution in [3.05, 3.63) is 72.6 Å². The molecule has 0 aliphatic heterocycles. The van der Waals surface area contributed by atoms with Gasteiger partial charge in [-0.15, -0.1) is 0 Å². The lowest BCUT2D eigenvalue weighted by Gasteiger charge is -2.24. The fourth-order valence-electron chi connectivity index (χ4n) is 3.98. The maximum absolute atomic E-state index is 13.2. The second-order valence-corrected chi connectivity index (χ2v) is 8.78. The summed E-state index contributed by atoms with van der Waals surface area (Å²) in [6.07, 6.45) is 4.14. The van der Waals surface area contributed by atoms with E-state index in [0.29, 0.717) is 31.6 Å². The summed E-state index contributed by atoms with van der Waals surface area (Å²) in [6.45, 7) is 1.21. The van der Waals surface area contributed by atoms with Crippen molar-refractivity contribution in [2.75, 3.05) is 31.5 Å². The van der Waals surface area contributed by atoms with E-state index in [2.05, 4.69) is 15.6 Å². The summed E-state index contributed by atoms with van der Waals surface area (Å²) >= 11 is 0. The average molecular weight is 506 g/mol. The number of hydrogen-bond donors (Lipinski definition) is 5. The molecule has 1 aromatic heterocycles. The van der Waals surface area contributed by atoms with Crippen LogP contribution in [-0.4, -0.2) is 65.9 Å². The number of aromatic nitrogens is 1. The van der Waals surface area contributed by atoms with E-state index in [1.165, 1.54) is 4.90 Å². The first kappa shape index (κ1) is 27.7. The number of carbonyl (C=O) groups is 3. The lowest BCUT2D eigenvalue weighted by molar-refractivity contribution is -0.134. The molecule has 0 unspecified atom stereocenters. The molecule has 0 fully saturated rings. The predicted octanol–water partition coefficient (Wildman–Crippen LogP) is 0.754. The van der Waals surface area contributed by atoms with E-state index in [9.17, 15) is 14.4 Å². The number of nitrogens with zero attached hydrogens (tertiary/aromatic N) is 2. The van der Waals surface area contributed by atoms with Crippen molar-refractivity contribution in [1.29, 1.82) is 0 Å². The lowest BCUT2D eigenvalue weighted by atomic mass is 10.0. The highest BCUT2D eigenvalue weighted by Gasteiger charge is 2.26. The minimum absolute atomic E-state index is 0.211. The molecule has 0 bridgehead atoms. The molecule has 196 valence electrons. The van der Waals surface area contributed by atoms with Gasteiger partial charge < -0.3 is 32.7 Å². The zero-order valence-corrected chi connectivity index (χ0v) is 20.8. The second kappa shape index (κ2) is 14.0. The zero-order valence-electron chi connectivity index (χ0n) is 20.8. The maximum atomic E-state index is 13.2. The van der Waals surface area contributed by atoms with Crippen LogP contribution in [0.3, 0.4) is 0 Å². The van der Waals surface area contributed by atoms with E-state index in [1.54, 1.807) is 18.5 Å². The van der Waals surface area contributed by atoms with E-state index in [1.807, 2.05) is 48.5 Å². The van der Waals surface area contributed by atoms with Crippen LogP contribution in [0.2, 0.25) is 0 Å². The van der Waals surface area contributed by atoms with Crippen LogP contribution in [-0.2, 0) is 20.8 Å². The van der Waals surface area contributed by atoms with Gasteiger partial charge in [0.05, 0.1) is 12.5 Å². The van der Waals surface area contributed by atoms with Crippen molar-refractivity contribution >= 4 is 34.2 Å². The number of carbonyl (C=O) groups excluding carboxylic acids is 3. The molecule has 0 spiro atoms. The van der Waals surface area contributed by atoms with Gasteiger partial charge in [-0.3, -0.25) is 19.4 Å². The molecule has 0 saturated heterocycles. The lowest BCUT2D eigenvalue weighted by Crippen LogP contribution is -2.52. The summed E-state index contributed by atoms with van der Waals surface area (Å²) in [5.41, 5.74) is 18.8. The van der Waals surface area contributed by atoms with E-state index < -0.39 is 18.0 Å². The van der Waals surface area contributed by atoms with Crippen molar-refractivity contribution in [1.82, 2.24) is 15.2 Å². The topological polar surface area (TPSA) is 169 Å². The Balaban J connectivity index is 1.69. The molecule has 1 heterocycles. The Morgan fingerprint density at radius 1 is 0.919 bits per heavy atom. The Kier molecular flexibility index (Phi) is 10.5. The molecule has 10 heteroatoms. The van der Waals surface area contributed by atoms with E-state index >= 15 is 0 Å². The van der Waals surface area contributed by atoms with Crippen molar-refractivity contribution < 1.29 is 14.4 Å². The summed E-state index contributed by atoms with van der Waals surface area (Å²) < 4.78 is 0. The Morgan fingerprint density at radius 2 is 1.65 bits per heavy atom. The number of benzene rings is 2. The first-order valence-electron chi connectivity index (χ1n) is 12.3. The Labute approximate surface area is 216 Å². The highest BCUT2D eigenvalue weighted by molar-refractivity contribution is 5.99. The molecular formula is C27H35N7O3. The maximum Gasteiger partial charge on any atom is 0.246 e. The van der Waals surface area contributed by atoms with Gasteiger partial charge in [-0.25, -0.2) is 0 Å². The third kappa shape index (κ3) is 8.35. The fraction of sp³-hybridized carbons (Fsp3) is 0.333. The molecule has 2 atom stereocenters. The number of fused-ring (bicyclic) bond motifs is 1. The summed E-state index contributed by atoms with van der Waals surface area (Å²) in [5.74, 6) is -1.26. The standard InChI is InChI=1S/C27H35N7O3/c28-11-14-34(15-12-29)25(35)17-23(30)26(36)33-24(9-6-19-4-2-1-3-5-19)27(37)32-22-8-7-21-18-31-13-10-20(21)16-22/h1-5,7-8,10,13,16,18,23-24H,6,9,11-12,14-15,17,28-30H2,(H,32,37)(H,33,36)/t23-,24-/m0/s1. The van der Waals surface area contributed by atoms with Gasteiger partial charge >= 0.3 is 0 Å². The van der Waals surface area contributed by atoms with E-state index in [0.717, 1.165) is 16.3 Å². The number of nitrogens with two attached hydrogens (primary N) is 3. The van der Waals surface area contributed by atoms with Gasteiger partial charge in [-0.05, 0) is 42.0 Å². The Hall–Kier alpha value is -3.86. The van der Waals surface area contributed by atoms with Gasteiger partial charge in [0.25, 0.3) is 0 Å². The molecule has 3 aromatic rings. The monoisotopic (exact) mass is 505 g/mol. The van der Waals surface area contributed by atoms with Crippen LogP contribution < -0.4 is 27.8 Å². The molecule has 0 saturated carbocycles. The largest absolute Gasteiger partial charge is 0.343 e. The first-order chi connectivity index (χ1) is 17.9. The third-order valence-electron chi connectivity index (χ3n) is 5.99. The van der Waals surface area contributed by atoms with Crippen molar-refractivity contribution in [3.8, 4) is 0 Å². The van der Waals surface area contributed by atoms with Gasteiger partial charge in [0.2, 0.25) is 17.7 Å². The van der Waals surface area contributed by atoms with Gasteiger partial charge in [-0.1, -0.05) is 36.4 Å². The van der Waals surface area contributed by atoms with Crippen LogP contribution in [0.1, 0.15) is 18.4 Å². The van der Waals surface area contributed by atoms with Crippen molar-refractivity contribution in [2.45, 2.75) is 31.3 Å². The SMILES string of the molecule is NCCN(CCN)C(=O)C[C@H](N)C(=O)N[C@@H](CCc1ccccc1)C(=O)Nc1ccc2cnccc2c1. The van der Waals surface area contributed by atoms with Crippen LogP contribution in [0.5, 0.6) is 0 Å². The normalized spacial score (nSPS) is 12.5. The number of hydrogen-bond acceptors (Lipinski definition) is 7. The summed E-state index contributed by atoms with van der Waals surface area (Å²) in [5, 5.41) is 7.51. The minimum atomic E-state index is -1.12. The summed E-state index contributed by atoms with van der Waals surface area (Å²) in [7, 11) is 0. The predicted molar refractivity (Wildman–Crippen MR) is 144 cm³/mol. The number of aryl methyl sites for hydroxylation is 1. The van der Waals surface area contributed by atoms with Crippen molar-refractivity contribution in [2.24, 2.45) is 17.2 Å². The van der Waals surface area contributed by atoms with Gasteiger partial charge in [0, 0.05) is 49.6 Å². The number of amides is 3. The number of anilines is 1. The van der Waals surface area contributed by atoms with Crippen LogP contribution in [0, 0.1) is 0 Å². The van der Waals surface area contributed by atoms with Crippen molar-refractivity contribution in [3.63, 3.8) is 0 Å². The van der Waals surface area contributed by atoms with Gasteiger partial charge in [0.15, 0.2) is 0 Å². The second-order valence-electron chi connectivity index (χ2n) is 8.78. The molecule has 0 radical (unpaired) electrons. The molecule has 3 rings (SSSR count). The smallest absolute Gasteiger partial charge is 0.246 e. The Morgan fingerprint density at radius 3 is 2.35 bits per heavy atom. The quantitative estimate of drug-likeness (QED) is 0.228. The molecule has 0 aliphatic carbocycles. The van der Waals surface area contributed by atoms with Crippen LogP contribution in [0.25, 0.3) is 10.8 Å². The molecule has 37 heavy (non-hydrogen) atoms. The third-order valence-corrected chi connectivity index (χ3v) is 5.99. The van der Waals surface area contributed by atoms with Gasteiger partial charge in [0.1, 0.15) is 6.04 Å². The first-order valence-corrected chi connectivity index (χ1v) is 12.3. The highest BCUT2D eigenvalue weighted by atomic mass is 16.2. The van der Waals surface area contributed by atoms with Crippen LogP contribution in [0.15, 0.2) is 67.0 Å². The minimum Gasteiger partial charge on any atom is -0.343 e. The number of rotatable bonds is 13. The molecule has 8 N–H and O–H groups in total. The highest BCUT2D eigenvalue weighted by Crippen LogP contribution is 2.18. The van der Waals surface area contributed by atoms with Crippen LogP contribution in [0.4, 0.5) is 5.69 Å². The Bertz CT molecular complexity index is 1180. The zero-order chi connectivity index (χ0) is 26.6. The fourth-order valence-corrected chi connectivity index (χ4v) is 3.98. The van der Waals surface area contributed by atoms with E-state index in [4.69, 9.17) is 17.2 Å². The molecule has 3 amide bonds. The van der Waals surface area contributed by atoms with Crippen LogP contribution >= 0.6 is 0 Å². The molecular weight excluding hydrogens is 470 g/mol. The average Bonchev–Trinajstić information content (AvgIpc) is 2.91. The number of nitrogens with one attached hydrogen (secondary N) is 2. The molecule has 10 nitrogen and oxygen atoms in total. The van der Waals surface area contributed by atoms with Gasteiger partial charge in [-0.2, -0.15) is 0 Å². The summed E-state index contributed by atoms with van der Waals surface area (Å²) in [6, 6.07) is 15.1.